The number of nitrogens with one attached hydrogen (secondary N) is 2. The zero-order chi connectivity index (χ0) is 21.5. The van der Waals surface area contributed by atoms with Gasteiger partial charge in [-0.05, 0) is 35.4 Å². The Morgan fingerprint density at radius 3 is 2.10 bits per heavy atom. The molecule has 0 spiro atoms. The number of hydrogen-bond acceptors (Lipinski definition) is 5. The number of ether oxygens (including phenoxy) is 1. The van der Waals surface area contributed by atoms with E-state index in [0.717, 1.165) is 16.9 Å². The van der Waals surface area contributed by atoms with Crippen molar-refractivity contribution in [3.8, 4) is 5.75 Å². The molecule has 0 unspecified atom stereocenters. The van der Waals surface area contributed by atoms with Crippen molar-refractivity contribution in [2.45, 2.75) is 25.9 Å². The number of benzene rings is 2. The first kappa shape index (κ1) is 21.0. The largest absolute Gasteiger partial charge is 0.497 e. The van der Waals surface area contributed by atoms with Crippen molar-refractivity contribution in [3.05, 3.63) is 65.2 Å². The smallest absolute Gasteiger partial charge is 0.251 e. The first-order valence-electron chi connectivity index (χ1n) is 9.56. The highest BCUT2D eigenvalue weighted by molar-refractivity contribution is 6.01. The molecule has 0 bridgehead atoms. The van der Waals surface area contributed by atoms with Crippen LogP contribution < -0.4 is 15.4 Å². The molecule has 0 saturated carbocycles. The molecule has 156 valence electrons. The van der Waals surface area contributed by atoms with E-state index in [9.17, 15) is 19.2 Å². The van der Waals surface area contributed by atoms with Gasteiger partial charge in [-0.3, -0.25) is 24.1 Å². The Bertz CT molecular complexity index is 922. The maximum atomic E-state index is 12.2. The van der Waals surface area contributed by atoms with E-state index in [1.165, 1.54) is 4.90 Å². The second kappa shape index (κ2) is 9.69. The molecule has 1 aliphatic rings. The van der Waals surface area contributed by atoms with E-state index < -0.39 is 0 Å². The average Bonchev–Trinajstić information content (AvgIpc) is 3.09. The fraction of sp³-hybridized carbons (Fsp3) is 0.273. The number of amides is 4. The monoisotopic (exact) mass is 409 g/mol. The van der Waals surface area contributed by atoms with Crippen LogP contribution in [0.3, 0.4) is 0 Å². The number of likely N-dealkylation sites (tertiary alicyclic amines) is 1. The van der Waals surface area contributed by atoms with Gasteiger partial charge in [0.1, 0.15) is 5.75 Å². The predicted octanol–water partition coefficient (Wildman–Crippen LogP) is 1.39. The summed E-state index contributed by atoms with van der Waals surface area (Å²) in [5.74, 6) is -0.303. The van der Waals surface area contributed by atoms with Gasteiger partial charge in [0.25, 0.3) is 5.91 Å². The molecule has 30 heavy (non-hydrogen) atoms. The fourth-order valence-electron chi connectivity index (χ4n) is 3.01. The molecule has 2 aromatic carbocycles. The second-order valence-electron chi connectivity index (χ2n) is 6.88. The van der Waals surface area contributed by atoms with Crippen LogP contribution in [0.2, 0.25) is 0 Å². The number of carbonyl (C=O) groups excluding carboxylic acids is 4. The summed E-state index contributed by atoms with van der Waals surface area (Å²) in [5.41, 5.74) is 2.06. The molecule has 0 aliphatic carbocycles. The van der Waals surface area contributed by atoms with Crippen LogP contribution in [0.15, 0.2) is 48.5 Å². The third-order valence-electron chi connectivity index (χ3n) is 4.77. The van der Waals surface area contributed by atoms with Crippen LogP contribution in [0.4, 0.5) is 0 Å². The molecule has 0 radical (unpaired) electrons. The number of carbonyl (C=O) groups is 4. The van der Waals surface area contributed by atoms with Gasteiger partial charge >= 0.3 is 0 Å². The summed E-state index contributed by atoms with van der Waals surface area (Å²) in [6, 6.07) is 13.9. The Kier molecular flexibility index (Phi) is 6.79. The first-order chi connectivity index (χ1) is 14.5. The molecule has 1 aliphatic heterocycles. The summed E-state index contributed by atoms with van der Waals surface area (Å²) in [5, 5.41) is 5.31. The molecular formula is C22H23N3O5. The number of methoxy groups -OCH3 is 1. The highest BCUT2D eigenvalue weighted by Gasteiger charge is 2.28. The topological polar surface area (TPSA) is 105 Å². The van der Waals surface area contributed by atoms with Gasteiger partial charge in [-0.15, -0.1) is 0 Å². The Hall–Kier alpha value is -3.68. The molecule has 8 heteroatoms. The van der Waals surface area contributed by atoms with Gasteiger partial charge in [0, 0.05) is 24.9 Å². The lowest BCUT2D eigenvalue weighted by atomic mass is 10.1. The highest BCUT2D eigenvalue weighted by Crippen LogP contribution is 2.16. The van der Waals surface area contributed by atoms with Crippen molar-refractivity contribution in [2.24, 2.45) is 0 Å². The van der Waals surface area contributed by atoms with E-state index in [-0.39, 0.29) is 49.6 Å². The first-order valence-corrected chi connectivity index (χ1v) is 9.56. The normalized spacial score (nSPS) is 13.3. The Labute approximate surface area is 174 Å². The summed E-state index contributed by atoms with van der Waals surface area (Å²) in [6.45, 7) is 0.405. The van der Waals surface area contributed by atoms with Gasteiger partial charge in [0.2, 0.25) is 17.7 Å². The molecule has 1 heterocycles. The van der Waals surface area contributed by atoms with Gasteiger partial charge in [-0.25, -0.2) is 0 Å². The van der Waals surface area contributed by atoms with Crippen LogP contribution in [0, 0.1) is 0 Å². The molecule has 2 N–H and O–H groups in total. The van der Waals surface area contributed by atoms with Crippen molar-refractivity contribution in [1.29, 1.82) is 0 Å². The number of rotatable bonds is 8. The average molecular weight is 409 g/mol. The molecule has 1 saturated heterocycles. The minimum Gasteiger partial charge on any atom is -0.497 e. The van der Waals surface area contributed by atoms with Crippen LogP contribution in [-0.2, 0) is 27.5 Å². The summed E-state index contributed by atoms with van der Waals surface area (Å²) in [6.07, 6.45) is 0.500. The van der Waals surface area contributed by atoms with Crippen molar-refractivity contribution < 1.29 is 23.9 Å². The number of hydrogen-bond donors (Lipinski definition) is 2. The van der Waals surface area contributed by atoms with Crippen molar-refractivity contribution >= 4 is 23.6 Å². The second-order valence-corrected chi connectivity index (χ2v) is 6.88. The summed E-state index contributed by atoms with van der Waals surface area (Å²) in [7, 11) is 1.59. The minimum atomic E-state index is -0.380. The SMILES string of the molecule is COc1ccc(CNC(=O)CNC(=O)c2ccc(CN3C(=O)CCC3=O)cc2)cc1. The molecule has 0 atom stereocenters. The number of imide groups is 1. The quantitative estimate of drug-likeness (QED) is 0.641. The predicted molar refractivity (Wildman–Crippen MR) is 108 cm³/mol. The molecular weight excluding hydrogens is 386 g/mol. The van der Waals surface area contributed by atoms with Crippen molar-refractivity contribution in [2.75, 3.05) is 13.7 Å². The minimum absolute atomic E-state index is 0.145. The van der Waals surface area contributed by atoms with Crippen LogP contribution in [-0.4, -0.2) is 42.2 Å². The summed E-state index contributed by atoms with van der Waals surface area (Å²) in [4.78, 5) is 48.8. The highest BCUT2D eigenvalue weighted by atomic mass is 16.5. The maximum absolute atomic E-state index is 12.2. The van der Waals surface area contributed by atoms with Crippen LogP contribution in [0.25, 0.3) is 0 Å². The summed E-state index contributed by atoms with van der Waals surface area (Å²) >= 11 is 0. The maximum Gasteiger partial charge on any atom is 0.251 e. The lowest BCUT2D eigenvalue weighted by Gasteiger charge is -2.14. The lowest BCUT2D eigenvalue weighted by molar-refractivity contribution is -0.139. The van der Waals surface area contributed by atoms with Crippen molar-refractivity contribution in [3.63, 3.8) is 0 Å². The lowest BCUT2D eigenvalue weighted by Crippen LogP contribution is -2.36. The van der Waals surface area contributed by atoms with E-state index in [1.807, 2.05) is 24.3 Å². The molecule has 3 rings (SSSR count). The van der Waals surface area contributed by atoms with Crippen LogP contribution in [0.5, 0.6) is 5.75 Å². The molecule has 4 amide bonds. The molecule has 0 aromatic heterocycles. The van der Waals surface area contributed by atoms with Gasteiger partial charge in [0.15, 0.2) is 0 Å². The van der Waals surface area contributed by atoms with E-state index in [0.29, 0.717) is 12.1 Å². The van der Waals surface area contributed by atoms with Gasteiger partial charge in [-0.1, -0.05) is 24.3 Å². The van der Waals surface area contributed by atoms with E-state index in [1.54, 1.807) is 31.4 Å². The van der Waals surface area contributed by atoms with E-state index in [2.05, 4.69) is 10.6 Å². The summed E-state index contributed by atoms with van der Waals surface area (Å²) < 4.78 is 5.08. The van der Waals surface area contributed by atoms with Crippen LogP contribution in [0.1, 0.15) is 34.3 Å². The Balaban J connectivity index is 1.44. The zero-order valence-corrected chi connectivity index (χ0v) is 16.6. The zero-order valence-electron chi connectivity index (χ0n) is 16.6. The fourth-order valence-corrected chi connectivity index (χ4v) is 3.01. The van der Waals surface area contributed by atoms with Gasteiger partial charge in [-0.2, -0.15) is 0 Å². The molecule has 8 nitrogen and oxygen atoms in total. The molecule has 1 fully saturated rings. The Morgan fingerprint density at radius 2 is 1.50 bits per heavy atom. The van der Waals surface area contributed by atoms with Crippen LogP contribution >= 0.6 is 0 Å². The van der Waals surface area contributed by atoms with Gasteiger partial charge < -0.3 is 15.4 Å². The third-order valence-corrected chi connectivity index (χ3v) is 4.77. The molecule has 2 aromatic rings. The van der Waals surface area contributed by atoms with Gasteiger partial charge in [0.05, 0.1) is 20.2 Å². The van der Waals surface area contributed by atoms with Crippen molar-refractivity contribution in [1.82, 2.24) is 15.5 Å². The standard InChI is InChI=1S/C22H23N3O5/c1-30-18-8-4-15(5-9-18)12-23-19(26)13-24-22(29)17-6-2-16(3-7-17)14-25-20(27)10-11-21(25)28/h2-9H,10-14H2,1H3,(H,23,26)(H,24,29). The Morgan fingerprint density at radius 1 is 0.900 bits per heavy atom. The van der Waals surface area contributed by atoms with E-state index in [4.69, 9.17) is 4.74 Å². The van der Waals surface area contributed by atoms with E-state index >= 15 is 0 Å². The third kappa shape index (κ3) is 5.44. The number of nitrogens with zero attached hydrogens (tertiary/aromatic N) is 1.